The first-order chi connectivity index (χ1) is 14.4. The summed E-state index contributed by atoms with van der Waals surface area (Å²) in [5, 5.41) is 12.7. The van der Waals surface area contributed by atoms with Gasteiger partial charge in [0.15, 0.2) is 0 Å². The van der Waals surface area contributed by atoms with Crippen LogP contribution in [0.15, 0.2) is 89.8 Å². The van der Waals surface area contributed by atoms with Crippen molar-refractivity contribution >= 4 is 21.6 Å². The maximum Gasteiger partial charge on any atom is 0.264 e. The summed E-state index contributed by atoms with van der Waals surface area (Å²) >= 11 is 0. The fraction of sp³-hybridized carbons (Fsp3) is 0.136. The van der Waals surface area contributed by atoms with E-state index in [0.717, 1.165) is 16.4 Å². The molecular formula is C22H21FN2O4S. The van der Waals surface area contributed by atoms with E-state index in [0.29, 0.717) is 5.56 Å². The van der Waals surface area contributed by atoms with Gasteiger partial charge in [-0.2, -0.15) is 0 Å². The van der Waals surface area contributed by atoms with Gasteiger partial charge in [0, 0.05) is 6.54 Å². The van der Waals surface area contributed by atoms with Crippen LogP contribution in [0.4, 0.5) is 10.1 Å². The molecule has 1 amide bonds. The van der Waals surface area contributed by atoms with E-state index in [-0.39, 0.29) is 17.1 Å². The first kappa shape index (κ1) is 21.5. The van der Waals surface area contributed by atoms with Crippen LogP contribution in [0.2, 0.25) is 0 Å². The van der Waals surface area contributed by atoms with Crippen LogP contribution in [0.1, 0.15) is 11.7 Å². The number of benzene rings is 3. The molecule has 0 aromatic heterocycles. The summed E-state index contributed by atoms with van der Waals surface area (Å²) in [5.41, 5.74) is 0.782. The van der Waals surface area contributed by atoms with Crippen molar-refractivity contribution < 1.29 is 22.7 Å². The number of aliphatic hydroxyl groups is 1. The van der Waals surface area contributed by atoms with Gasteiger partial charge in [0.05, 0.1) is 16.7 Å². The average Bonchev–Trinajstić information content (AvgIpc) is 2.77. The Morgan fingerprint density at radius 2 is 1.50 bits per heavy atom. The molecule has 6 nitrogen and oxygen atoms in total. The van der Waals surface area contributed by atoms with E-state index >= 15 is 0 Å². The Balaban J connectivity index is 1.79. The van der Waals surface area contributed by atoms with Crippen LogP contribution in [0, 0.1) is 5.82 Å². The summed E-state index contributed by atoms with van der Waals surface area (Å²) in [6.45, 7) is -0.601. The third-order valence-corrected chi connectivity index (χ3v) is 6.20. The lowest BCUT2D eigenvalue weighted by Gasteiger charge is -2.24. The second kappa shape index (κ2) is 9.51. The van der Waals surface area contributed by atoms with Gasteiger partial charge in [-0.05, 0) is 42.0 Å². The predicted molar refractivity (Wildman–Crippen MR) is 112 cm³/mol. The van der Waals surface area contributed by atoms with Crippen LogP contribution >= 0.6 is 0 Å². The highest BCUT2D eigenvalue weighted by molar-refractivity contribution is 7.92. The lowest BCUT2D eigenvalue weighted by atomic mass is 10.1. The maximum absolute atomic E-state index is 13.3. The molecule has 0 aliphatic rings. The average molecular weight is 428 g/mol. The number of sulfonamides is 1. The van der Waals surface area contributed by atoms with E-state index in [9.17, 15) is 22.7 Å². The molecule has 8 heteroatoms. The molecule has 30 heavy (non-hydrogen) atoms. The highest BCUT2D eigenvalue weighted by atomic mass is 32.2. The molecule has 0 aliphatic carbocycles. The Hall–Kier alpha value is -3.23. The Bertz CT molecular complexity index is 1080. The molecule has 1 atom stereocenters. The largest absolute Gasteiger partial charge is 0.387 e. The second-order valence-electron chi connectivity index (χ2n) is 6.53. The number of hydrogen-bond donors (Lipinski definition) is 2. The number of halogens is 1. The molecule has 0 saturated heterocycles. The smallest absolute Gasteiger partial charge is 0.264 e. The number of anilines is 1. The van der Waals surface area contributed by atoms with Gasteiger partial charge < -0.3 is 10.4 Å². The minimum absolute atomic E-state index is 0.00597. The normalized spacial score (nSPS) is 12.2. The standard InChI is InChI=1S/C22H21FN2O4S/c23-18-11-13-19(14-12-18)25(30(28,29)20-9-5-2-6-10-20)16-22(27)24-15-21(26)17-7-3-1-4-8-17/h1-14,21,26H,15-16H2,(H,24,27). The highest BCUT2D eigenvalue weighted by Crippen LogP contribution is 2.23. The number of amides is 1. The third kappa shape index (κ3) is 5.22. The minimum atomic E-state index is -4.07. The topological polar surface area (TPSA) is 86.7 Å². The molecule has 3 aromatic rings. The summed E-state index contributed by atoms with van der Waals surface area (Å²) in [6.07, 6.45) is -0.930. The van der Waals surface area contributed by atoms with Crippen LogP contribution in [-0.4, -0.2) is 32.5 Å². The van der Waals surface area contributed by atoms with Crippen molar-refractivity contribution in [1.29, 1.82) is 0 Å². The van der Waals surface area contributed by atoms with Crippen molar-refractivity contribution in [2.45, 2.75) is 11.0 Å². The van der Waals surface area contributed by atoms with Crippen LogP contribution in [0.5, 0.6) is 0 Å². The van der Waals surface area contributed by atoms with Crippen molar-refractivity contribution in [2.75, 3.05) is 17.4 Å². The number of carbonyl (C=O) groups is 1. The molecule has 3 rings (SSSR count). The lowest BCUT2D eigenvalue weighted by Crippen LogP contribution is -2.42. The van der Waals surface area contributed by atoms with Gasteiger partial charge >= 0.3 is 0 Å². The summed E-state index contributed by atoms with van der Waals surface area (Å²) in [6, 6.07) is 21.3. The molecule has 0 radical (unpaired) electrons. The SMILES string of the molecule is O=C(CN(c1ccc(F)cc1)S(=O)(=O)c1ccccc1)NCC(O)c1ccccc1. The number of rotatable bonds is 8. The van der Waals surface area contributed by atoms with E-state index in [1.165, 1.54) is 24.3 Å². The molecule has 2 N–H and O–H groups in total. The Labute approximate surface area is 174 Å². The first-order valence-corrected chi connectivity index (χ1v) is 10.6. The van der Waals surface area contributed by atoms with Gasteiger partial charge in [-0.15, -0.1) is 0 Å². The summed E-state index contributed by atoms with van der Waals surface area (Å²) in [5.74, 6) is -1.12. The molecule has 3 aromatic carbocycles. The van der Waals surface area contributed by atoms with Gasteiger partial charge in [-0.1, -0.05) is 48.5 Å². The van der Waals surface area contributed by atoms with Gasteiger partial charge in [0.2, 0.25) is 5.91 Å². The summed E-state index contributed by atoms with van der Waals surface area (Å²) < 4.78 is 40.5. The molecule has 1 unspecified atom stereocenters. The van der Waals surface area contributed by atoms with Crippen molar-refractivity contribution in [3.8, 4) is 0 Å². The van der Waals surface area contributed by atoms with Gasteiger partial charge in [-0.3, -0.25) is 9.10 Å². The van der Waals surface area contributed by atoms with E-state index in [1.807, 2.05) is 6.07 Å². The van der Waals surface area contributed by atoms with Crippen LogP contribution in [0.3, 0.4) is 0 Å². The van der Waals surface area contributed by atoms with Crippen molar-refractivity contribution in [3.63, 3.8) is 0 Å². The summed E-state index contributed by atoms with van der Waals surface area (Å²) in [4.78, 5) is 12.5. The zero-order valence-electron chi connectivity index (χ0n) is 16.0. The lowest BCUT2D eigenvalue weighted by molar-refractivity contribution is -0.120. The summed E-state index contributed by atoms with van der Waals surface area (Å²) in [7, 11) is -4.07. The van der Waals surface area contributed by atoms with E-state index < -0.39 is 34.4 Å². The molecule has 156 valence electrons. The number of carbonyl (C=O) groups excluding carboxylic acids is 1. The highest BCUT2D eigenvalue weighted by Gasteiger charge is 2.27. The zero-order valence-corrected chi connectivity index (χ0v) is 16.8. The van der Waals surface area contributed by atoms with Crippen molar-refractivity contribution in [3.05, 3.63) is 96.3 Å². The van der Waals surface area contributed by atoms with E-state index in [2.05, 4.69) is 5.32 Å². The minimum Gasteiger partial charge on any atom is -0.387 e. The molecular weight excluding hydrogens is 407 g/mol. The molecule has 0 fully saturated rings. The maximum atomic E-state index is 13.3. The number of hydrogen-bond acceptors (Lipinski definition) is 4. The monoisotopic (exact) mass is 428 g/mol. The Morgan fingerprint density at radius 1 is 0.933 bits per heavy atom. The van der Waals surface area contributed by atoms with Crippen molar-refractivity contribution in [2.24, 2.45) is 0 Å². The zero-order chi connectivity index (χ0) is 21.6. The van der Waals surface area contributed by atoms with Gasteiger partial charge in [0.25, 0.3) is 10.0 Å². The third-order valence-electron chi connectivity index (χ3n) is 4.41. The van der Waals surface area contributed by atoms with Crippen LogP contribution in [-0.2, 0) is 14.8 Å². The first-order valence-electron chi connectivity index (χ1n) is 9.21. The molecule has 0 saturated carbocycles. The molecule has 0 spiro atoms. The van der Waals surface area contributed by atoms with Crippen molar-refractivity contribution in [1.82, 2.24) is 5.32 Å². The van der Waals surface area contributed by atoms with E-state index in [1.54, 1.807) is 42.5 Å². The quantitative estimate of drug-likeness (QED) is 0.578. The Kier molecular flexibility index (Phi) is 6.81. The predicted octanol–water partition coefficient (Wildman–Crippen LogP) is 2.87. The molecule has 0 heterocycles. The second-order valence-corrected chi connectivity index (χ2v) is 8.39. The van der Waals surface area contributed by atoms with E-state index in [4.69, 9.17) is 0 Å². The van der Waals surface area contributed by atoms with Gasteiger partial charge in [-0.25, -0.2) is 12.8 Å². The fourth-order valence-corrected chi connectivity index (χ4v) is 4.27. The number of aliphatic hydroxyl groups excluding tert-OH is 1. The van der Waals surface area contributed by atoms with Gasteiger partial charge in [0.1, 0.15) is 12.4 Å². The Morgan fingerprint density at radius 3 is 2.10 bits per heavy atom. The number of nitrogens with one attached hydrogen (secondary N) is 1. The number of nitrogens with zero attached hydrogens (tertiary/aromatic N) is 1. The molecule has 0 bridgehead atoms. The van der Waals surface area contributed by atoms with Crippen LogP contribution in [0.25, 0.3) is 0 Å². The molecule has 0 aliphatic heterocycles. The fourth-order valence-electron chi connectivity index (χ4n) is 2.83. The van der Waals surface area contributed by atoms with Crippen LogP contribution < -0.4 is 9.62 Å².